The SMILES string of the molecule is CN=C(NCC1(C)CCCS1)NCC1(N2CCSCC2)CCCC1. The Bertz CT molecular complexity index is 423. The normalized spacial score (nSPS) is 31.3. The van der Waals surface area contributed by atoms with Gasteiger partial charge < -0.3 is 10.6 Å². The number of nitrogens with zero attached hydrogens (tertiary/aromatic N) is 2. The Morgan fingerprint density at radius 3 is 2.33 bits per heavy atom. The second kappa shape index (κ2) is 8.54. The molecule has 1 saturated carbocycles. The maximum Gasteiger partial charge on any atom is 0.191 e. The smallest absolute Gasteiger partial charge is 0.191 e. The van der Waals surface area contributed by atoms with Crippen LogP contribution in [0.1, 0.15) is 45.4 Å². The number of hydrogen-bond acceptors (Lipinski definition) is 4. The Morgan fingerprint density at radius 1 is 1.00 bits per heavy atom. The molecule has 0 aromatic heterocycles. The van der Waals surface area contributed by atoms with Crippen molar-refractivity contribution >= 4 is 29.5 Å². The minimum Gasteiger partial charge on any atom is -0.355 e. The lowest BCUT2D eigenvalue weighted by Gasteiger charge is -2.43. The van der Waals surface area contributed by atoms with Crippen molar-refractivity contribution < 1.29 is 0 Å². The third kappa shape index (κ3) is 4.55. The molecule has 1 atom stereocenters. The lowest BCUT2D eigenvalue weighted by molar-refractivity contribution is 0.107. The van der Waals surface area contributed by atoms with E-state index in [4.69, 9.17) is 0 Å². The van der Waals surface area contributed by atoms with Crippen LogP contribution in [0.3, 0.4) is 0 Å². The Morgan fingerprint density at radius 2 is 1.71 bits per heavy atom. The molecule has 0 radical (unpaired) electrons. The average Bonchev–Trinajstić information content (AvgIpc) is 3.26. The summed E-state index contributed by atoms with van der Waals surface area (Å²) in [6.07, 6.45) is 8.12. The summed E-state index contributed by atoms with van der Waals surface area (Å²) in [7, 11) is 1.90. The third-order valence-corrected chi connectivity index (χ3v) is 8.44. The van der Waals surface area contributed by atoms with Crippen molar-refractivity contribution in [3.8, 4) is 0 Å². The Hall–Kier alpha value is -0.0700. The van der Waals surface area contributed by atoms with Gasteiger partial charge in [0, 0.05) is 55.0 Å². The maximum absolute atomic E-state index is 4.48. The fourth-order valence-corrected chi connectivity index (χ4v) is 6.54. The van der Waals surface area contributed by atoms with Crippen LogP contribution in [-0.2, 0) is 0 Å². The van der Waals surface area contributed by atoms with E-state index in [-0.39, 0.29) is 0 Å². The first-order valence-electron chi connectivity index (χ1n) is 9.57. The van der Waals surface area contributed by atoms with Crippen molar-refractivity contribution in [3.05, 3.63) is 0 Å². The topological polar surface area (TPSA) is 39.7 Å². The second-order valence-corrected chi connectivity index (χ2v) is 10.6. The van der Waals surface area contributed by atoms with E-state index in [1.807, 2.05) is 7.05 Å². The molecule has 3 fully saturated rings. The first-order valence-corrected chi connectivity index (χ1v) is 11.7. The zero-order valence-corrected chi connectivity index (χ0v) is 17.0. The molecule has 0 bridgehead atoms. The molecule has 1 aliphatic carbocycles. The summed E-state index contributed by atoms with van der Waals surface area (Å²) in [5.74, 6) is 4.89. The molecule has 2 saturated heterocycles. The van der Waals surface area contributed by atoms with E-state index in [0.29, 0.717) is 10.3 Å². The predicted molar refractivity (Wildman–Crippen MR) is 110 cm³/mol. The first-order chi connectivity index (χ1) is 11.7. The fraction of sp³-hybridized carbons (Fsp3) is 0.944. The van der Waals surface area contributed by atoms with Gasteiger partial charge in [0.2, 0.25) is 0 Å². The van der Waals surface area contributed by atoms with Gasteiger partial charge in [0.1, 0.15) is 0 Å². The highest BCUT2D eigenvalue weighted by Crippen LogP contribution is 2.37. The Balaban J connectivity index is 1.52. The van der Waals surface area contributed by atoms with Crippen LogP contribution >= 0.6 is 23.5 Å². The van der Waals surface area contributed by atoms with Gasteiger partial charge in [-0.3, -0.25) is 9.89 Å². The number of aliphatic imine (C=N–C) groups is 1. The molecule has 0 aromatic rings. The molecule has 2 N–H and O–H groups in total. The molecule has 4 nitrogen and oxygen atoms in total. The van der Waals surface area contributed by atoms with Gasteiger partial charge in [-0.25, -0.2) is 0 Å². The van der Waals surface area contributed by atoms with Gasteiger partial charge in [0.05, 0.1) is 0 Å². The molecular weight excluding hydrogens is 336 g/mol. The molecule has 3 rings (SSSR count). The molecule has 2 heterocycles. The standard InChI is InChI=1S/C18H34N4S2/c1-17(6-5-11-24-17)14-20-16(19-2)21-15-18(7-3-4-8-18)22-9-12-23-13-10-22/h3-15H2,1-2H3,(H2,19,20,21). The molecule has 1 unspecified atom stereocenters. The molecule has 24 heavy (non-hydrogen) atoms. The van der Waals surface area contributed by atoms with Crippen LogP contribution in [0.4, 0.5) is 0 Å². The van der Waals surface area contributed by atoms with Gasteiger partial charge in [0.15, 0.2) is 5.96 Å². The molecule has 0 aromatic carbocycles. The summed E-state index contributed by atoms with van der Waals surface area (Å²) in [6, 6.07) is 0. The van der Waals surface area contributed by atoms with E-state index >= 15 is 0 Å². The predicted octanol–water partition coefficient (Wildman–Crippen LogP) is 2.80. The van der Waals surface area contributed by atoms with Gasteiger partial charge in [0.25, 0.3) is 0 Å². The van der Waals surface area contributed by atoms with E-state index < -0.39 is 0 Å². The van der Waals surface area contributed by atoms with Crippen LogP contribution in [0.15, 0.2) is 4.99 Å². The highest BCUT2D eigenvalue weighted by Gasteiger charge is 2.40. The van der Waals surface area contributed by atoms with E-state index in [9.17, 15) is 0 Å². The summed E-state index contributed by atoms with van der Waals surface area (Å²) in [5.41, 5.74) is 0.366. The number of guanidine groups is 1. The molecule has 0 amide bonds. The summed E-state index contributed by atoms with van der Waals surface area (Å²) >= 11 is 4.21. The van der Waals surface area contributed by atoms with Gasteiger partial charge in [-0.2, -0.15) is 23.5 Å². The quantitative estimate of drug-likeness (QED) is 0.575. The number of thioether (sulfide) groups is 2. The molecule has 0 spiro atoms. The summed E-state index contributed by atoms with van der Waals surface area (Å²) < 4.78 is 0.382. The summed E-state index contributed by atoms with van der Waals surface area (Å²) in [6.45, 7) is 6.96. The molecule has 138 valence electrons. The largest absolute Gasteiger partial charge is 0.355 e. The minimum atomic E-state index is 0.366. The number of rotatable bonds is 5. The minimum absolute atomic E-state index is 0.366. The molecule has 2 aliphatic heterocycles. The van der Waals surface area contributed by atoms with Gasteiger partial charge in [-0.15, -0.1) is 0 Å². The van der Waals surface area contributed by atoms with Crippen molar-refractivity contribution in [1.82, 2.24) is 15.5 Å². The average molecular weight is 371 g/mol. The summed E-state index contributed by atoms with van der Waals surface area (Å²) in [5, 5.41) is 7.26. The summed E-state index contributed by atoms with van der Waals surface area (Å²) in [4.78, 5) is 7.25. The number of nitrogens with one attached hydrogen (secondary N) is 2. The third-order valence-electron chi connectivity index (χ3n) is 5.95. The second-order valence-electron chi connectivity index (χ2n) is 7.71. The first kappa shape index (κ1) is 18.7. The monoisotopic (exact) mass is 370 g/mol. The molecular formula is C18H34N4S2. The van der Waals surface area contributed by atoms with Crippen molar-refractivity contribution in [2.24, 2.45) is 4.99 Å². The highest BCUT2D eigenvalue weighted by atomic mass is 32.2. The van der Waals surface area contributed by atoms with Crippen molar-refractivity contribution in [2.75, 3.05) is 50.5 Å². The fourth-order valence-electron chi connectivity index (χ4n) is 4.39. The molecule has 3 aliphatic rings. The lowest BCUT2D eigenvalue weighted by Crippen LogP contribution is -2.58. The Labute approximate surface area is 156 Å². The van der Waals surface area contributed by atoms with Gasteiger partial charge in [-0.1, -0.05) is 12.8 Å². The zero-order valence-electron chi connectivity index (χ0n) is 15.4. The van der Waals surface area contributed by atoms with Crippen LogP contribution in [0.25, 0.3) is 0 Å². The number of hydrogen-bond donors (Lipinski definition) is 2. The van der Waals surface area contributed by atoms with Gasteiger partial charge in [-0.05, 0) is 38.4 Å². The van der Waals surface area contributed by atoms with E-state index in [2.05, 4.69) is 51.0 Å². The molecule has 6 heteroatoms. The van der Waals surface area contributed by atoms with Crippen molar-refractivity contribution in [1.29, 1.82) is 0 Å². The van der Waals surface area contributed by atoms with E-state index in [1.54, 1.807) is 0 Å². The maximum atomic E-state index is 4.48. The Kier molecular flexibility index (Phi) is 6.66. The van der Waals surface area contributed by atoms with Crippen molar-refractivity contribution in [3.63, 3.8) is 0 Å². The van der Waals surface area contributed by atoms with Crippen LogP contribution in [0.5, 0.6) is 0 Å². The van der Waals surface area contributed by atoms with Crippen molar-refractivity contribution in [2.45, 2.75) is 55.7 Å². The highest BCUT2D eigenvalue weighted by molar-refractivity contribution is 8.00. The van der Waals surface area contributed by atoms with E-state index in [0.717, 1.165) is 19.0 Å². The van der Waals surface area contributed by atoms with Gasteiger partial charge >= 0.3 is 0 Å². The zero-order chi connectivity index (χ0) is 16.9. The van der Waals surface area contributed by atoms with Crippen LogP contribution in [-0.4, -0.2) is 71.6 Å². The van der Waals surface area contributed by atoms with Crippen LogP contribution in [0.2, 0.25) is 0 Å². The van der Waals surface area contributed by atoms with Crippen LogP contribution in [0, 0.1) is 0 Å². The van der Waals surface area contributed by atoms with E-state index in [1.165, 1.54) is 68.9 Å². The van der Waals surface area contributed by atoms with Crippen LogP contribution < -0.4 is 10.6 Å². The lowest BCUT2D eigenvalue weighted by atomic mass is 9.94.